The summed E-state index contributed by atoms with van der Waals surface area (Å²) >= 11 is 0. The van der Waals surface area contributed by atoms with Gasteiger partial charge in [-0.15, -0.1) is 0 Å². The molecule has 1 saturated heterocycles. The number of rotatable bonds is 8. The molecule has 2 N–H and O–H groups in total. The van der Waals surface area contributed by atoms with Crippen LogP contribution in [0.25, 0.3) is 0 Å². The van der Waals surface area contributed by atoms with Gasteiger partial charge in [0.2, 0.25) is 0 Å². The third kappa shape index (κ3) is 3.99. The molecule has 114 valence electrons. The first-order valence-electron chi connectivity index (χ1n) is 7.45. The molecule has 0 radical (unpaired) electrons. The van der Waals surface area contributed by atoms with Crippen molar-refractivity contribution in [2.45, 2.75) is 64.8 Å². The van der Waals surface area contributed by atoms with E-state index in [1.165, 1.54) is 0 Å². The zero-order valence-electron chi connectivity index (χ0n) is 12.7. The van der Waals surface area contributed by atoms with Crippen molar-refractivity contribution in [1.29, 1.82) is 0 Å². The van der Waals surface area contributed by atoms with Gasteiger partial charge in [0.25, 0.3) is 0 Å². The standard InChI is InChI=1S/C13H29NO4Si/c1-5-12(14)13(15-6-2)10-9-11-19(18-13,16-7-3)17-8-4/h12H,5-11,14H2,1-4H3. The van der Waals surface area contributed by atoms with Crippen molar-refractivity contribution >= 4 is 8.80 Å². The number of hydrogen-bond acceptors (Lipinski definition) is 5. The van der Waals surface area contributed by atoms with Crippen LogP contribution in [0.5, 0.6) is 0 Å². The molecule has 0 aromatic heterocycles. The summed E-state index contributed by atoms with van der Waals surface area (Å²) in [7, 11) is -2.64. The molecule has 5 nitrogen and oxygen atoms in total. The summed E-state index contributed by atoms with van der Waals surface area (Å²) in [6.07, 6.45) is 2.59. The van der Waals surface area contributed by atoms with Gasteiger partial charge in [-0.3, -0.25) is 0 Å². The first-order valence-corrected chi connectivity index (χ1v) is 9.38. The summed E-state index contributed by atoms with van der Waals surface area (Å²) in [5, 5.41) is 0. The van der Waals surface area contributed by atoms with Crippen molar-refractivity contribution in [3.63, 3.8) is 0 Å². The average Bonchev–Trinajstić information content (AvgIpc) is 2.39. The minimum atomic E-state index is -2.64. The van der Waals surface area contributed by atoms with Gasteiger partial charge >= 0.3 is 8.80 Å². The van der Waals surface area contributed by atoms with Gasteiger partial charge in [0.05, 0.1) is 6.04 Å². The molecular formula is C13H29NO4Si. The maximum absolute atomic E-state index is 6.28. The molecule has 19 heavy (non-hydrogen) atoms. The Labute approximate surface area is 118 Å². The molecule has 0 aromatic carbocycles. The lowest BCUT2D eigenvalue weighted by Crippen LogP contribution is -2.63. The van der Waals surface area contributed by atoms with E-state index in [-0.39, 0.29) is 6.04 Å². The molecule has 0 aliphatic carbocycles. The van der Waals surface area contributed by atoms with Gasteiger partial charge in [0.1, 0.15) is 0 Å². The SMILES string of the molecule is CCOC1(C(N)CC)CCC[Si](OCC)(OCC)O1. The molecule has 0 amide bonds. The van der Waals surface area contributed by atoms with Crippen LogP contribution in [0.2, 0.25) is 6.04 Å². The van der Waals surface area contributed by atoms with Crippen molar-refractivity contribution < 1.29 is 18.0 Å². The molecule has 0 spiro atoms. The summed E-state index contributed by atoms with van der Waals surface area (Å²) in [6, 6.07) is 0.695. The summed E-state index contributed by atoms with van der Waals surface area (Å²) in [6.45, 7) is 9.71. The smallest absolute Gasteiger partial charge is 0.374 e. The quantitative estimate of drug-likeness (QED) is 0.695. The van der Waals surface area contributed by atoms with Gasteiger partial charge in [0, 0.05) is 32.3 Å². The lowest BCUT2D eigenvalue weighted by atomic mass is 10.0. The van der Waals surface area contributed by atoms with Crippen LogP contribution in [-0.2, 0) is 18.0 Å². The van der Waals surface area contributed by atoms with Gasteiger partial charge in [-0.25, -0.2) is 0 Å². The fraction of sp³-hybridized carbons (Fsp3) is 1.00. The van der Waals surface area contributed by atoms with Crippen molar-refractivity contribution in [2.75, 3.05) is 19.8 Å². The summed E-state index contributed by atoms with van der Waals surface area (Å²) < 4.78 is 23.9. The van der Waals surface area contributed by atoms with Crippen LogP contribution in [0.4, 0.5) is 0 Å². The molecule has 0 bridgehead atoms. The fourth-order valence-corrected chi connectivity index (χ4v) is 5.55. The number of ether oxygens (including phenoxy) is 1. The van der Waals surface area contributed by atoms with E-state index in [0.29, 0.717) is 19.8 Å². The van der Waals surface area contributed by atoms with E-state index in [9.17, 15) is 0 Å². The molecular weight excluding hydrogens is 262 g/mol. The first-order chi connectivity index (χ1) is 9.08. The molecule has 1 rings (SSSR count). The fourth-order valence-electron chi connectivity index (χ4n) is 2.63. The molecule has 0 aromatic rings. The Balaban J connectivity index is 2.93. The average molecular weight is 291 g/mol. The second-order valence-corrected chi connectivity index (χ2v) is 7.41. The lowest BCUT2D eigenvalue weighted by molar-refractivity contribution is -0.234. The van der Waals surface area contributed by atoms with Crippen molar-refractivity contribution in [3.8, 4) is 0 Å². The minimum absolute atomic E-state index is 0.152. The van der Waals surface area contributed by atoms with E-state index in [1.54, 1.807) is 0 Å². The largest absolute Gasteiger partial charge is 0.503 e. The zero-order valence-corrected chi connectivity index (χ0v) is 13.7. The van der Waals surface area contributed by atoms with Crippen LogP contribution < -0.4 is 5.73 Å². The van der Waals surface area contributed by atoms with Crippen LogP contribution in [0, 0.1) is 0 Å². The maximum Gasteiger partial charge on any atom is 0.503 e. The third-order valence-electron chi connectivity index (χ3n) is 3.46. The predicted octanol–water partition coefficient (Wildman–Crippen LogP) is 2.28. The zero-order chi connectivity index (χ0) is 14.4. The Morgan fingerprint density at radius 3 is 2.26 bits per heavy atom. The van der Waals surface area contributed by atoms with Crippen LogP contribution in [0.3, 0.4) is 0 Å². The number of hydrogen-bond donors (Lipinski definition) is 1. The summed E-state index contributed by atoms with van der Waals surface area (Å²) in [5.74, 6) is -0.738. The number of nitrogens with two attached hydrogens (primary N) is 1. The highest BCUT2D eigenvalue weighted by molar-refractivity contribution is 6.61. The molecule has 6 heteroatoms. The van der Waals surface area contributed by atoms with E-state index in [4.69, 9.17) is 23.7 Å². The maximum atomic E-state index is 6.28. The van der Waals surface area contributed by atoms with E-state index in [1.807, 2.05) is 27.7 Å². The van der Waals surface area contributed by atoms with Crippen molar-refractivity contribution in [2.24, 2.45) is 5.73 Å². The monoisotopic (exact) mass is 291 g/mol. The van der Waals surface area contributed by atoms with Crippen molar-refractivity contribution in [1.82, 2.24) is 0 Å². The van der Waals surface area contributed by atoms with Gasteiger partial charge < -0.3 is 23.7 Å². The Hall–Kier alpha value is 0.0169. The van der Waals surface area contributed by atoms with Crippen molar-refractivity contribution in [3.05, 3.63) is 0 Å². The summed E-state index contributed by atoms with van der Waals surface area (Å²) in [4.78, 5) is 0. The summed E-state index contributed by atoms with van der Waals surface area (Å²) in [5.41, 5.74) is 6.24. The first kappa shape index (κ1) is 17.1. The Kier molecular flexibility index (Phi) is 6.92. The third-order valence-corrected chi connectivity index (χ3v) is 6.54. The highest BCUT2D eigenvalue weighted by atomic mass is 28.4. The van der Waals surface area contributed by atoms with Gasteiger partial charge in [-0.1, -0.05) is 6.92 Å². The topological polar surface area (TPSA) is 62.9 Å². The molecule has 1 aliphatic heterocycles. The van der Waals surface area contributed by atoms with E-state index in [0.717, 1.165) is 25.3 Å². The van der Waals surface area contributed by atoms with Crippen LogP contribution in [-0.4, -0.2) is 40.5 Å². The molecule has 1 heterocycles. The van der Waals surface area contributed by atoms with E-state index >= 15 is 0 Å². The van der Waals surface area contributed by atoms with Gasteiger partial charge in [0.15, 0.2) is 5.79 Å². The van der Waals surface area contributed by atoms with Gasteiger partial charge in [-0.2, -0.15) is 0 Å². The Morgan fingerprint density at radius 2 is 1.79 bits per heavy atom. The van der Waals surface area contributed by atoms with E-state index < -0.39 is 14.6 Å². The molecule has 0 saturated carbocycles. The van der Waals surface area contributed by atoms with Crippen LogP contribution >= 0.6 is 0 Å². The highest BCUT2D eigenvalue weighted by Crippen LogP contribution is 2.38. The Morgan fingerprint density at radius 1 is 1.16 bits per heavy atom. The lowest BCUT2D eigenvalue weighted by Gasteiger charge is -2.47. The highest BCUT2D eigenvalue weighted by Gasteiger charge is 2.54. The van der Waals surface area contributed by atoms with Gasteiger partial charge in [-0.05, 0) is 33.6 Å². The predicted molar refractivity (Wildman–Crippen MR) is 76.8 cm³/mol. The second kappa shape index (κ2) is 7.71. The van der Waals surface area contributed by atoms with Crippen LogP contribution in [0.1, 0.15) is 47.0 Å². The second-order valence-electron chi connectivity index (χ2n) is 4.76. The minimum Gasteiger partial charge on any atom is -0.374 e. The van der Waals surface area contributed by atoms with E-state index in [2.05, 4.69) is 0 Å². The molecule has 2 atom stereocenters. The normalized spacial score (nSPS) is 28.3. The molecule has 1 fully saturated rings. The Bertz CT molecular complexity index is 252. The molecule has 1 aliphatic rings. The van der Waals surface area contributed by atoms with Crippen LogP contribution in [0.15, 0.2) is 0 Å². The molecule has 2 unspecified atom stereocenters.